The monoisotopic (exact) mass is 493 g/mol. The van der Waals surface area contributed by atoms with Crippen LogP contribution in [0.3, 0.4) is 0 Å². The van der Waals surface area contributed by atoms with E-state index in [0.29, 0.717) is 14.9 Å². The van der Waals surface area contributed by atoms with E-state index < -0.39 is 0 Å². The summed E-state index contributed by atoms with van der Waals surface area (Å²) in [6.45, 7) is 0.0920. The van der Waals surface area contributed by atoms with Crippen LogP contribution in [0.2, 0.25) is 0 Å². The minimum atomic E-state index is -0.354. The van der Waals surface area contributed by atoms with Crippen LogP contribution >= 0.6 is 24.0 Å². The Balaban J connectivity index is 1.39. The summed E-state index contributed by atoms with van der Waals surface area (Å²) < 4.78 is 15.6. The van der Waals surface area contributed by atoms with E-state index in [0.717, 1.165) is 42.1 Å². The van der Waals surface area contributed by atoms with Crippen LogP contribution in [0.4, 0.5) is 10.1 Å². The predicted molar refractivity (Wildman–Crippen MR) is 139 cm³/mol. The van der Waals surface area contributed by atoms with Gasteiger partial charge in [0.25, 0.3) is 5.91 Å². The molecule has 2 aromatic carbocycles. The summed E-state index contributed by atoms with van der Waals surface area (Å²) in [6.07, 6.45) is 9.27. The highest BCUT2D eigenvalue weighted by molar-refractivity contribution is 8.26. The molecule has 8 heteroatoms. The van der Waals surface area contributed by atoms with Gasteiger partial charge in [0.1, 0.15) is 16.7 Å². The molecule has 1 saturated heterocycles. The zero-order chi connectivity index (χ0) is 23.7. The van der Waals surface area contributed by atoms with E-state index in [1.54, 1.807) is 4.90 Å². The van der Waals surface area contributed by atoms with Gasteiger partial charge in [0.15, 0.2) is 0 Å². The zero-order valence-corrected chi connectivity index (χ0v) is 20.1. The molecule has 1 N–H and O–H groups in total. The third kappa shape index (κ3) is 4.65. The van der Waals surface area contributed by atoms with Gasteiger partial charge in [-0.3, -0.25) is 14.5 Å². The molecule has 5 rings (SSSR count). The second kappa shape index (κ2) is 9.72. The van der Waals surface area contributed by atoms with Crippen LogP contribution < -0.4 is 5.32 Å². The number of hydrogen-bond donors (Lipinski definition) is 1. The zero-order valence-electron chi connectivity index (χ0n) is 18.5. The summed E-state index contributed by atoms with van der Waals surface area (Å²) in [5.41, 5.74) is 2.30. The Labute approximate surface area is 207 Å². The highest BCUT2D eigenvalue weighted by Gasteiger charge is 2.37. The van der Waals surface area contributed by atoms with Crippen molar-refractivity contribution in [2.75, 3.05) is 5.32 Å². The summed E-state index contributed by atoms with van der Waals surface area (Å²) in [4.78, 5) is 28.3. The standard InChI is InChI=1S/C26H24FN3O2S2/c27-18-10-12-19(13-11-18)28-24(31)16-29-15-17(21-8-4-5-9-22(21)29)14-23-25(32)30(26(33)34-23)20-6-2-1-3-7-20/h4-5,8-15,20H,1-3,6-7,16H2,(H,28,31)/b23-14+. The molecule has 1 aliphatic heterocycles. The van der Waals surface area contributed by atoms with Crippen molar-refractivity contribution in [2.45, 2.75) is 44.7 Å². The van der Waals surface area contributed by atoms with Crippen LogP contribution in [0.25, 0.3) is 17.0 Å². The molecule has 1 aliphatic carbocycles. The minimum Gasteiger partial charge on any atom is -0.337 e. The van der Waals surface area contributed by atoms with Crippen LogP contribution in [0.5, 0.6) is 0 Å². The lowest BCUT2D eigenvalue weighted by molar-refractivity contribution is -0.124. The molecule has 2 aliphatic rings. The quantitative estimate of drug-likeness (QED) is 0.352. The van der Waals surface area contributed by atoms with Crippen molar-refractivity contribution in [2.24, 2.45) is 0 Å². The summed E-state index contributed by atoms with van der Waals surface area (Å²) in [6, 6.07) is 13.7. The van der Waals surface area contributed by atoms with Crippen molar-refractivity contribution >= 4 is 62.8 Å². The Morgan fingerprint density at radius 3 is 2.62 bits per heavy atom. The highest BCUT2D eigenvalue weighted by atomic mass is 32.2. The maximum atomic E-state index is 13.2. The number of para-hydroxylation sites is 1. The molecule has 2 fully saturated rings. The Hall–Kier alpha value is -2.97. The first kappa shape index (κ1) is 22.8. The van der Waals surface area contributed by atoms with Gasteiger partial charge in [-0.1, -0.05) is 61.4 Å². The van der Waals surface area contributed by atoms with Crippen LogP contribution in [0.1, 0.15) is 37.7 Å². The average Bonchev–Trinajstić information content (AvgIpc) is 3.32. The molecule has 3 aromatic rings. The summed E-state index contributed by atoms with van der Waals surface area (Å²) in [7, 11) is 0. The van der Waals surface area contributed by atoms with E-state index in [1.165, 1.54) is 42.4 Å². The molecule has 2 amide bonds. The molecule has 0 bridgehead atoms. The number of nitrogens with one attached hydrogen (secondary N) is 1. The number of aromatic nitrogens is 1. The number of fused-ring (bicyclic) bond motifs is 1. The third-order valence-electron chi connectivity index (χ3n) is 6.31. The maximum absolute atomic E-state index is 13.2. The molecule has 2 heterocycles. The molecule has 0 unspecified atom stereocenters. The molecule has 1 saturated carbocycles. The lowest BCUT2D eigenvalue weighted by Gasteiger charge is -2.29. The number of nitrogens with zero attached hydrogens (tertiary/aromatic N) is 2. The first-order valence-corrected chi connectivity index (χ1v) is 12.6. The normalized spacial score (nSPS) is 18.3. The summed E-state index contributed by atoms with van der Waals surface area (Å²) >= 11 is 6.92. The number of anilines is 1. The number of thioether (sulfide) groups is 1. The van der Waals surface area contributed by atoms with E-state index in [-0.39, 0.29) is 30.2 Å². The lowest BCUT2D eigenvalue weighted by atomic mass is 9.94. The number of thiocarbonyl (C=S) groups is 1. The molecule has 1 aromatic heterocycles. The fourth-order valence-electron chi connectivity index (χ4n) is 4.68. The van der Waals surface area contributed by atoms with Crippen molar-refractivity contribution in [1.29, 1.82) is 0 Å². The molecule has 34 heavy (non-hydrogen) atoms. The van der Waals surface area contributed by atoms with E-state index in [4.69, 9.17) is 12.2 Å². The summed E-state index contributed by atoms with van der Waals surface area (Å²) in [5, 5.41) is 3.75. The van der Waals surface area contributed by atoms with E-state index in [1.807, 2.05) is 41.1 Å². The van der Waals surface area contributed by atoms with Crippen LogP contribution in [0.15, 0.2) is 59.6 Å². The Morgan fingerprint density at radius 1 is 1.12 bits per heavy atom. The predicted octanol–water partition coefficient (Wildman–Crippen LogP) is 5.95. The van der Waals surface area contributed by atoms with Gasteiger partial charge in [-0.05, 0) is 49.2 Å². The van der Waals surface area contributed by atoms with Crippen molar-refractivity contribution < 1.29 is 14.0 Å². The van der Waals surface area contributed by atoms with Gasteiger partial charge in [0.2, 0.25) is 5.91 Å². The second-order valence-electron chi connectivity index (χ2n) is 8.63. The number of halogens is 1. The van der Waals surface area contributed by atoms with Crippen LogP contribution in [-0.4, -0.2) is 31.6 Å². The maximum Gasteiger partial charge on any atom is 0.266 e. The van der Waals surface area contributed by atoms with Gasteiger partial charge < -0.3 is 9.88 Å². The molecule has 174 valence electrons. The number of amides is 2. The number of hydrogen-bond acceptors (Lipinski definition) is 4. The Kier molecular flexibility index (Phi) is 6.52. The SMILES string of the molecule is O=C(Cn1cc(/C=C2/SC(=S)N(C3CCCCC3)C2=O)c2ccccc21)Nc1ccc(F)cc1. The number of rotatable bonds is 5. The second-order valence-corrected chi connectivity index (χ2v) is 10.3. The molecule has 0 spiro atoms. The van der Waals surface area contributed by atoms with Crippen molar-refractivity contribution in [3.63, 3.8) is 0 Å². The van der Waals surface area contributed by atoms with Crippen LogP contribution in [0, 0.1) is 5.82 Å². The lowest BCUT2D eigenvalue weighted by Crippen LogP contribution is -2.39. The summed E-state index contributed by atoms with van der Waals surface area (Å²) in [5.74, 6) is -0.594. The topological polar surface area (TPSA) is 54.3 Å². The number of carbonyl (C=O) groups excluding carboxylic acids is 2. The first-order chi connectivity index (χ1) is 16.5. The number of carbonyl (C=O) groups is 2. The number of benzene rings is 2. The van der Waals surface area contributed by atoms with Crippen molar-refractivity contribution in [3.05, 3.63) is 71.0 Å². The van der Waals surface area contributed by atoms with Gasteiger partial charge in [-0.2, -0.15) is 0 Å². The van der Waals surface area contributed by atoms with Crippen LogP contribution in [-0.2, 0) is 16.1 Å². The van der Waals surface area contributed by atoms with E-state index >= 15 is 0 Å². The van der Waals surface area contributed by atoms with E-state index in [9.17, 15) is 14.0 Å². The third-order valence-corrected chi connectivity index (χ3v) is 7.64. The van der Waals surface area contributed by atoms with Gasteiger partial charge >= 0.3 is 0 Å². The first-order valence-electron chi connectivity index (χ1n) is 11.4. The smallest absolute Gasteiger partial charge is 0.266 e. The Bertz CT molecular complexity index is 1290. The minimum absolute atomic E-state index is 0.0206. The average molecular weight is 494 g/mol. The van der Waals surface area contributed by atoms with Gasteiger partial charge in [0.05, 0.1) is 4.91 Å². The van der Waals surface area contributed by atoms with Crippen molar-refractivity contribution in [3.8, 4) is 0 Å². The molecular formula is C26H24FN3O2S2. The van der Waals surface area contributed by atoms with Gasteiger partial charge in [-0.15, -0.1) is 0 Å². The van der Waals surface area contributed by atoms with Gasteiger partial charge in [-0.25, -0.2) is 4.39 Å². The largest absolute Gasteiger partial charge is 0.337 e. The Morgan fingerprint density at radius 2 is 1.85 bits per heavy atom. The van der Waals surface area contributed by atoms with Gasteiger partial charge in [0, 0.05) is 34.4 Å². The van der Waals surface area contributed by atoms with E-state index in [2.05, 4.69) is 5.32 Å². The fourth-order valence-corrected chi connectivity index (χ4v) is 6.08. The molecular weight excluding hydrogens is 469 g/mol. The molecule has 0 radical (unpaired) electrons. The fraction of sp³-hybridized carbons (Fsp3) is 0.269. The highest BCUT2D eigenvalue weighted by Crippen LogP contribution is 2.38. The molecule has 5 nitrogen and oxygen atoms in total. The van der Waals surface area contributed by atoms with Crippen molar-refractivity contribution in [1.82, 2.24) is 9.47 Å². The molecule has 0 atom stereocenters.